The molecule has 1 saturated carbocycles. The summed E-state index contributed by atoms with van der Waals surface area (Å²) >= 11 is 0. The molecule has 1 aliphatic carbocycles. The van der Waals surface area contributed by atoms with E-state index in [-0.39, 0.29) is 41.9 Å². The molecule has 1 fully saturated rings. The molecule has 210 valence electrons. The first-order valence-corrected chi connectivity index (χ1v) is 14.0. The van der Waals surface area contributed by atoms with E-state index in [0.717, 1.165) is 42.6 Å². The van der Waals surface area contributed by atoms with Crippen LogP contribution in [0.3, 0.4) is 0 Å². The van der Waals surface area contributed by atoms with Gasteiger partial charge in [0.1, 0.15) is 23.7 Å². The molecule has 1 heterocycles. The molecule has 2 aliphatic rings. The number of hydrogen-bond donors (Lipinski definition) is 2. The average Bonchev–Trinajstić information content (AvgIpc) is 3.76. The number of carbonyl (C=O) groups is 3. The smallest absolute Gasteiger partial charge is 0.243 e. The van der Waals surface area contributed by atoms with E-state index in [1.807, 2.05) is 31.2 Å². The summed E-state index contributed by atoms with van der Waals surface area (Å²) < 4.78 is 19.7. The number of para-hydroxylation sites is 1. The lowest BCUT2D eigenvalue weighted by molar-refractivity contribution is -0.141. The van der Waals surface area contributed by atoms with Gasteiger partial charge in [0.2, 0.25) is 11.8 Å². The second-order valence-corrected chi connectivity index (χ2v) is 10.9. The number of hydrogen-bond acceptors (Lipinski definition) is 5. The van der Waals surface area contributed by atoms with Gasteiger partial charge >= 0.3 is 0 Å². The lowest BCUT2D eigenvalue weighted by Gasteiger charge is -2.31. The van der Waals surface area contributed by atoms with Crippen LogP contribution < -0.4 is 15.4 Å². The Labute approximate surface area is 230 Å². The lowest BCUT2D eigenvalue weighted by Crippen LogP contribution is -2.56. The van der Waals surface area contributed by atoms with Gasteiger partial charge in [-0.05, 0) is 87.6 Å². The number of nitrogens with zero attached hydrogens (tertiary/aromatic N) is 1. The van der Waals surface area contributed by atoms with E-state index < -0.39 is 18.1 Å². The third kappa shape index (κ3) is 7.88. The molecule has 4 atom stereocenters. The molecule has 8 heteroatoms. The van der Waals surface area contributed by atoms with Crippen molar-refractivity contribution in [3.8, 4) is 5.75 Å². The van der Waals surface area contributed by atoms with Crippen LogP contribution in [0.5, 0.6) is 5.75 Å². The summed E-state index contributed by atoms with van der Waals surface area (Å²) in [6.45, 7) is 4.16. The van der Waals surface area contributed by atoms with E-state index in [1.54, 1.807) is 26.1 Å². The van der Waals surface area contributed by atoms with Gasteiger partial charge in [-0.1, -0.05) is 30.3 Å². The van der Waals surface area contributed by atoms with Crippen LogP contribution in [0.1, 0.15) is 57.1 Å². The van der Waals surface area contributed by atoms with Gasteiger partial charge in [-0.25, -0.2) is 4.39 Å². The van der Waals surface area contributed by atoms with Gasteiger partial charge in [-0.15, -0.1) is 0 Å². The molecule has 0 aromatic heterocycles. The lowest BCUT2D eigenvalue weighted by atomic mass is 9.97. The largest absolute Gasteiger partial charge is 0.489 e. The highest BCUT2D eigenvalue weighted by Gasteiger charge is 2.39. The van der Waals surface area contributed by atoms with Crippen LogP contribution >= 0.6 is 0 Å². The standard InChI is InChI=1S/C31H40FN3O4/c1-20-19-33-29(24-14-15-24)31(38)35(3)21(2)30(37)34-26(18-22-12-16-25(32)17-13-22)27(36)10-6-4-8-23-9-5-7-11-28(23)39-20/h5,7,9,11-13,16-17,20-21,24,26,29,33H,4,6,8,10,14-15,18-19H2,1-3H3,(H,34,37)/t20-,21-,26-,29+/m1/s1. The summed E-state index contributed by atoms with van der Waals surface area (Å²) in [7, 11) is 1.63. The number of ether oxygens (including phenoxy) is 1. The third-order valence-corrected chi connectivity index (χ3v) is 7.77. The highest BCUT2D eigenvalue weighted by Crippen LogP contribution is 2.33. The zero-order valence-electron chi connectivity index (χ0n) is 23.1. The molecule has 2 amide bonds. The van der Waals surface area contributed by atoms with E-state index in [0.29, 0.717) is 19.4 Å². The van der Waals surface area contributed by atoms with Crippen molar-refractivity contribution in [3.05, 3.63) is 65.5 Å². The van der Waals surface area contributed by atoms with Gasteiger partial charge in [0, 0.05) is 20.0 Å². The quantitative estimate of drug-likeness (QED) is 0.622. The van der Waals surface area contributed by atoms with Gasteiger partial charge in [-0.3, -0.25) is 14.4 Å². The van der Waals surface area contributed by atoms with Crippen molar-refractivity contribution in [2.24, 2.45) is 5.92 Å². The number of fused-ring (bicyclic) bond motifs is 1. The second kappa shape index (κ2) is 13.2. The number of halogens is 1. The molecule has 1 aliphatic heterocycles. The predicted octanol–water partition coefficient (Wildman–Crippen LogP) is 3.83. The van der Waals surface area contributed by atoms with E-state index >= 15 is 0 Å². The van der Waals surface area contributed by atoms with E-state index in [9.17, 15) is 18.8 Å². The molecule has 7 nitrogen and oxygen atoms in total. The molecule has 2 N–H and O–H groups in total. The minimum Gasteiger partial charge on any atom is -0.489 e. The van der Waals surface area contributed by atoms with Crippen LogP contribution in [0.4, 0.5) is 4.39 Å². The van der Waals surface area contributed by atoms with Gasteiger partial charge in [0.05, 0.1) is 12.1 Å². The zero-order valence-corrected chi connectivity index (χ0v) is 23.1. The topological polar surface area (TPSA) is 87.7 Å². The van der Waals surface area contributed by atoms with Crippen LogP contribution in [-0.4, -0.2) is 60.3 Å². The number of Topliss-reactive ketones (excluding diaryl/α,β-unsaturated/α-hetero) is 1. The van der Waals surface area contributed by atoms with Crippen LogP contribution in [0.15, 0.2) is 48.5 Å². The Bertz CT molecular complexity index is 1150. The molecule has 2 aromatic carbocycles. The second-order valence-electron chi connectivity index (χ2n) is 10.9. The summed E-state index contributed by atoms with van der Waals surface area (Å²) in [5.74, 6) is 0.0902. The van der Waals surface area contributed by atoms with Crippen molar-refractivity contribution in [2.75, 3.05) is 13.6 Å². The Morgan fingerprint density at radius 3 is 2.38 bits per heavy atom. The molecular weight excluding hydrogens is 497 g/mol. The molecule has 0 spiro atoms. The van der Waals surface area contributed by atoms with Crippen LogP contribution in [0, 0.1) is 11.7 Å². The van der Waals surface area contributed by atoms with Crippen LogP contribution in [-0.2, 0) is 27.2 Å². The Morgan fingerprint density at radius 1 is 0.974 bits per heavy atom. The minimum atomic E-state index is -0.762. The maximum atomic E-state index is 13.5. The number of ketones is 1. The van der Waals surface area contributed by atoms with Crippen LogP contribution in [0.2, 0.25) is 0 Å². The first-order chi connectivity index (χ1) is 18.7. The molecule has 39 heavy (non-hydrogen) atoms. The molecule has 0 radical (unpaired) electrons. The van der Waals surface area contributed by atoms with Crippen molar-refractivity contribution < 1.29 is 23.5 Å². The predicted molar refractivity (Wildman–Crippen MR) is 148 cm³/mol. The summed E-state index contributed by atoms with van der Waals surface area (Å²) in [4.78, 5) is 41.6. The fraction of sp³-hybridized carbons (Fsp3) is 0.516. The maximum Gasteiger partial charge on any atom is 0.243 e. The summed E-state index contributed by atoms with van der Waals surface area (Å²) in [6, 6.07) is 12.0. The molecule has 4 rings (SSSR count). The van der Waals surface area contributed by atoms with Crippen molar-refractivity contribution in [1.29, 1.82) is 0 Å². The summed E-state index contributed by atoms with van der Waals surface area (Å²) in [5, 5.41) is 6.30. The number of amides is 2. The minimum absolute atomic E-state index is 0.0781. The van der Waals surface area contributed by atoms with E-state index in [1.165, 1.54) is 17.0 Å². The molecule has 0 bridgehead atoms. The average molecular weight is 538 g/mol. The summed E-state index contributed by atoms with van der Waals surface area (Å²) in [5.41, 5.74) is 1.84. The number of nitrogens with one attached hydrogen (secondary N) is 2. The van der Waals surface area contributed by atoms with Gasteiger partial charge in [-0.2, -0.15) is 0 Å². The molecule has 0 saturated heterocycles. The Kier molecular flexibility index (Phi) is 9.73. The maximum absolute atomic E-state index is 13.5. The number of likely N-dealkylation sites (N-methyl/N-ethyl adjacent to an activating group) is 1. The Hall–Kier alpha value is -3.26. The zero-order chi connectivity index (χ0) is 27.9. The molecule has 0 unspecified atom stereocenters. The third-order valence-electron chi connectivity index (χ3n) is 7.77. The molecule has 2 aromatic rings. The fourth-order valence-electron chi connectivity index (χ4n) is 5.03. The van der Waals surface area contributed by atoms with Crippen molar-refractivity contribution in [3.63, 3.8) is 0 Å². The first kappa shape index (κ1) is 28.7. The SMILES string of the molecule is C[C@@H]1CN[C@@H](C2CC2)C(=O)N(C)[C@H](C)C(=O)N[C@H](Cc2ccc(F)cc2)C(=O)CCCCc2ccccc2O1. The highest BCUT2D eigenvalue weighted by molar-refractivity contribution is 5.93. The number of rotatable bonds is 3. The van der Waals surface area contributed by atoms with Gasteiger partial charge < -0.3 is 20.3 Å². The van der Waals surface area contributed by atoms with Crippen molar-refractivity contribution in [1.82, 2.24) is 15.5 Å². The van der Waals surface area contributed by atoms with Crippen molar-refractivity contribution >= 4 is 17.6 Å². The Morgan fingerprint density at radius 2 is 1.67 bits per heavy atom. The first-order valence-electron chi connectivity index (χ1n) is 14.0. The Balaban J connectivity index is 1.56. The fourth-order valence-corrected chi connectivity index (χ4v) is 5.03. The van der Waals surface area contributed by atoms with Crippen molar-refractivity contribution in [2.45, 2.75) is 83.0 Å². The normalized spacial score (nSPS) is 26.2. The highest BCUT2D eigenvalue weighted by atomic mass is 19.1. The van der Waals surface area contributed by atoms with E-state index in [2.05, 4.69) is 10.6 Å². The van der Waals surface area contributed by atoms with Gasteiger partial charge in [0.25, 0.3) is 0 Å². The van der Waals surface area contributed by atoms with Gasteiger partial charge in [0.15, 0.2) is 5.78 Å². The number of carbonyl (C=O) groups excluding carboxylic acids is 3. The van der Waals surface area contributed by atoms with Crippen LogP contribution in [0.25, 0.3) is 0 Å². The molecular formula is C31H40FN3O4. The van der Waals surface area contributed by atoms with E-state index in [4.69, 9.17) is 4.74 Å². The monoisotopic (exact) mass is 537 g/mol. The summed E-state index contributed by atoms with van der Waals surface area (Å²) in [6.07, 6.45) is 4.57. The number of benzene rings is 2. The number of aryl methyl sites for hydroxylation is 1.